The van der Waals surface area contributed by atoms with Crippen LogP contribution in [0.15, 0.2) is 23.4 Å². The first-order chi connectivity index (χ1) is 9.13. The lowest BCUT2D eigenvalue weighted by Gasteiger charge is -2.32. The largest absolute Gasteiger partial charge is 0.388 e. The van der Waals surface area contributed by atoms with E-state index in [-0.39, 0.29) is 5.91 Å². The zero-order valence-corrected chi connectivity index (χ0v) is 12.0. The molecule has 2 rings (SSSR count). The predicted octanol–water partition coefficient (Wildman–Crippen LogP) is 2.23. The maximum absolute atomic E-state index is 12.0. The van der Waals surface area contributed by atoms with Crippen molar-refractivity contribution in [3.05, 3.63) is 23.9 Å². The molecule has 0 aromatic carbocycles. The van der Waals surface area contributed by atoms with E-state index in [2.05, 4.69) is 10.3 Å². The number of carbonyl (C=O) groups excluding carboxylic acids is 1. The van der Waals surface area contributed by atoms with E-state index in [0.29, 0.717) is 12.1 Å². The van der Waals surface area contributed by atoms with Gasteiger partial charge in [-0.1, -0.05) is 19.3 Å². The Hall–Kier alpha value is -1.07. The first kappa shape index (κ1) is 14.3. The smallest absolute Gasteiger partial charge is 0.251 e. The normalized spacial score (nSPS) is 18.0. The number of rotatable bonds is 4. The van der Waals surface area contributed by atoms with Gasteiger partial charge < -0.3 is 10.4 Å². The number of thioether (sulfide) groups is 1. The maximum Gasteiger partial charge on any atom is 0.251 e. The van der Waals surface area contributed by atoms with Gasteiger partial charge in [-0.3, -0.25) is 4.79 Å². The van der Waals surface area contributed by atoms with Gasteiger partial charge in [-0.2, -0.15) is 0 Å². The minimum atomic E-state index is -0.719. The average molecular weight is 280 g/mol. The average Bonchev–Trinajstić information content (AvgIpc) is 2.46. The third-order valence-electron chi connectivity index (χ3n) is 3.57. The Balaban J connectivity index is 1.93. The van der Waals surface area contributed by atoms with Crippen molar-refractivity contribution in [2.45, 2.75) is 42.7 Å². The summed E-state index contributed by atoms with van der Waals surface area (Å²) in [5.41, 5.74) is -0.123. The highest BCUT2D eigenvalue weighted by molar-refractivity contribution is 7.98. The van der Waals surface area contributed by atoms with E-state index in [9.17, 15) is 9.90 Å². The Morgan fingerprint density at radius 2 is 2.21 bits per heavy atom. The second-order valence-corrected chi connectivity index (χ2v) is 5.88. The molecule has 5 heteroatoms. The monoisotopic (exact) mass is 280 g/mol. The van der Waals surface area contributed by atoms with Crippen LogP contribution < -0.4 is 5.32 Å². The van der Waals surface area contributed by atoms with Gasteiger partial charge in [0.25, 0.3) is 5.91 Å². The van der Waals surface area contributed by atoms with Gasteiger partial charge in [0, 0.05) is 18.3 Å². The predicted molar refractivity (Wildman–Crippen MR) is 76.4 cm³/mol. The summed E-state index contributed by atoms with van der Waals surface area (Å²) in [5.74, 6) is -0.142. The molecule has 0 bridgehead atoms. The van der Waals surface area contributed by atoms with Crippen molar-refractivity contribution in [1.82, 2.24) is 10.3 Å². The molecule has 0 atom stereocenters. The number of nitrogens with one attached hydrogen (secondary N) is 1. The molecular formula is C14H20N2O2S. The van der Waals surface area contributed by atoms with E-state index in [1.165, 1.54) is 18.2 Å². The van der Waals surface area contributed by atoms with Gasteiger partial charge in [0.05, 0.1) is 10.6 Å². The van der Waals surface area contributed by atoms with Crippen LogP contribution >= 0.6 is 11.8 Å². The topological polar surface area (TPSA) is 62.2 Å². The zero-order valence-electron chi connectivity index (χ0n) is 11.2. The van der Waals surface area contributed by atoms with E-state index >= 15 is 0 Å². The number of nitrogens with zero attached hydrogens (tertiary/aromatic N) is 1. The van der Waals surface area contributed by atoms with Gasteiger partial charge in [0.1, 0.15) is 0 Å². The van der Waals surface area contributed by atoms with Crippen LogP contribution in [-0.4, -0.2) is 34.4 Å². The third-order valence-corrected chi connectivity index (χ3v) is 4.21. The molecule has 1 aliphatic rings. The molecule has 0 radical (unpaired) electrons. The molecule has 1 fully saturated rings. The van der Waals surface area contributed by atoms with Crippen molar-refractivity contribution in [2.75, 3.05) is 12.8 Å². The molecule has 0 spiro atoms. The van der Waals surface area contributed by atoms with E-state index in [1.54, 1.807) is 18.3 Å². The molecule has 19 heavy (non-hydrogen) atoms. The molecule has 104 valence electrons. The van der Waals surface area contributed by atoms with Gasteiger partial charge in [0.2, 0.25) is 0 Å². The molecule has 2 N–H and O–H groups in total. The summed E-state index contributed by atoms with van der Waals surface area (Å²) in [7, 11) is 0. The summed E-state index contributed by atoms with van der Waals surface area (Å²) in [6.07, 6.45) is 8.37. The summed E-state index contributed by atoms with van der Waals surface area (Å²) in [4.78, 5) is 16.2. The van der Waals surface area contributed by atoms with Crippen molar-refractivity contribution in [2.24, 2.45) is 0 Å². The highest BCUT2D eigenvalue weighted by Crippen LogP contribution is 2.27. The molecule has 1 heterocycles. The van der Waals surface area contributed by atoms with Gasteiger partial charge in [0.15, 0.2) is 0 Å². The molecule has 0 unspecified atom stereocenters. The van der Waals surface area contributed by atoms with Gasteiger partial charge >= 0.3 is 0 Å². The fraction of sp³-hybridized carbons (Fsp3) is 0.571. The number of carbonyl (C=O) groups is 1. The third kappa shape index (κ3) is 3.94. The number of amides is 1. The molecule has 0 saturated heterocycles. The van der Waals surface area contributed by atoms with E-state index < -0.39 is 5.60 Å². The van der Waals surface area contributed by atoms with Crippen molar-refractivity contribution in [3.8, 4) is 0 Å². The molecule has 1 aliphatic carbocycles. The minimum Gasteiger partial charge on any atom is -0.388 e. The molecule has 0 aliphatic heterocycles. The summed E-state index contributed by atoms with van der Waals surface area (Å²) in [5, 5.41) is 14.0. The van der Waals surface area contributed by atoms with Crippen molar-refractivity contribution < 1.29 is 9.90 Å². The molecule has 1 saturated carbocycles. The Bertz CT molecular complexity index is 445. The summed E-state index contributed by atoms with van der Waals surface area (Å²) in [6, 6.07) is 3.46. The molecule has 4 nitrogen and oxygen atoms in total. The van der Waals surface area contributed by atoms with Gasteiger partial charge in [-0.25, -0.2) is 4.98 Å². The van der Waals surface area contributed by atoms with E-state index in [1.807, 2.05) is 6.26 Å². The highest BCUT2D eigenvalue weighted by atomic mass is 32.2. The maximum atomic E-state index is 12.0. The first-order valence-electron chi connectivity index (χ1n) is 6.64. The van der Waals surface area contributed by atoms with Crippen LogP contribution in [0.2, 0.25) is 0 Å². The number of aromatic nitrogens is 1. The van der Waals surface area contributed by atoms with Crippen LogP contribution in [0, 0.1) is 0 Å². The zero-order chi connectivity index (χ0) is 13.7. The second-order valence-electron chi connectivity index (χ2n) is 5.05. The molecule has 1 aromatic heterocycles. The van der Waals surface area contributed by atoms with Crippen LogP contribution in [0.25, 0.3) is 0 Å². The Kier molecular flexibility index (Phi) is 4.82. The first-order valence-corrected chi connectivity index (χ1v) is 7.86. The molecular weight excluding hydrogens is 260 g/mol. The molecule has 1 aromatic rings. The SMILES string of the molecule is CSc1cc(C(=O)NCC2(O)CCCCC2)ccn1. The Labute approximate surface area is 118 Å². The lowest BCUT2D eigenvalue weighted by molar-refractivity contribution is 0.00525. The van der Waals surface area contributed by atoms with Crippen LogP contribution in [0.4, 0.5) is 0 Å². The molecule has 1 amide bonds. The number of hydrogen-bond acceptors (Lipinski definition) is 4. The lowest BCUT2D eigenvalue weighted by Crippen LogP contribution is -2.44. The number of pyridine rings is 1. The number of aliphatic hydroxyl groups is 1. The minimum absolute atomic E-state index is 0.142. The quantitative estimate of drug-likeness (QED) is 0.830. The number of hydrogen-bond donors (Lipinski definition) is 2. The fourth-order valence-corrected chi connectivity index (χ4v) is 2.81. The Morgan fingerprint density at radius 3 is 2.89 bits per heavy atom. The Morgan fingerprint density at radius 1 is 1.47 bits per heavy atom. The van der Waals surface area contributed by atoms with Gasteiger partial charge in [-0.05, 0) is 31.2 Å². The van der Waals surface area contributed by atoms with Crippen LogP contribution in [0.1, 0.15) is 42.5 Å². The van der Waals surface area contributed by atoms with Crippen molar-refractivity contribution in [1.29, 1.82) is 0 Å². The van der Waals surface area contributed by atoms with Crippen LogP contribution in [0.5, 0.6) is 0 Å². The highest BCUT2D eigenvalue weighted by Gasteiger charge is 2.29. The standard InChI is InChI=1S/C14H20N2O2S/c1-19-12-9-11(5-8-15-12)13(17)16-10-14(18)6-3-2-4-7-14/h5,8-9,18H,2-4,6-7,10H2,1H3,(H,16,17). The van der Waals surface area contributed by atoms with Crippen molar-refractivity contribution in [3.63, 3.8) is 0 Å². The fourth-order valence-electron chi connectivity index (χ4n) is 2.40. The summed E-state index contributed by atoms with van der Waals surface area (Å²) in [6.45, 7) is 0.336. The van der Waals surface area contributed by atoms with Gasteiger partial charge in [-0.15, -0.1) is 11.8 Å². The van der Waals surface area contributed by atoms with E-state index in [0.717, 1.165) is 30.7 Å². The van der Waals surface area contributed by atoms with Crippen molar-refractivity contribution >= 4 is 17.7 Å². The lowest BCUT2D eigenvalue weighted by atomic mass is 9.85. The summed E-state index contributed by atoms with van der Waals surface area (Å²) >= 11 is 1.51. The second kappa shape index (κ2) is 6.39. The van der Waals surface area contributed by atoms with Crippen LogP contribution in [0.3, 0.4) is 0 Å². The van der Waals surface area contributed by atoms with E-state index in [4.69, 9.17) is 0 Å². The summed E-state index contributed by atoms with van der Waals surface area (Å²) < 4.78 is 0. The van der Waals surface area contributed by atoms with Crippen LogP contribution in [-0.2, 0) is 0 Å².